The first kappa shape index (κ1) is 10.7. The molecule has 2 aromatic heterocycles. The quantitative estimate of drug-likeness (QED) is 0.786. The van der Waals surface area contributed by atoms with E-state index in [9.17, 15) is 0 Å². The van der Waals surface area contributed by atoms with E-state index in [-0.39, 0.29) is 0 Å². The molecule has 5 heteroatoms. The van der Waals surface area contributed by atoms with Crippen LogP contribution >= 0.6 is 0 Å². The molecular weight excluding hydrogens is 202 g/mol. The average Bonchev–Trinajstić information content (AvgIpc) is 2.75. The third kappa shape index (κ3) is 1.93. The lowest BCUT2D eigenvalue weighted by Crippen LogP contribution is -2.01. The van der Waals surface area contributed by atoms with Gasteiger partial charge in [0.25, 0.3) is 0 Å². The van der Waals surface area contributed by atoms with E-state index in [1.165, 1.54) is 0 Å². The van der Waals surface area contributed by atoms with Gasteiger partial charge in [-0.1, -0.05) is 19.1 Å². The predicted molar refractivity (Wildman–Crippen MR) is 60.7 cm³/mol. The molecule has 1 atom stereocenters. The fraction of sp³-hybridized carbons (Fsp3) is 0.455. The maximum Gasteiger partial charge on any atom is 0.133 e. The van der Waals surface area contributed by atoms with Crippen LogP contribution in [0.5, 0.6) is 0 Å². The van der Waals surface area contributed by atoms with E-state index in [4.69, 9.17) is 0 Å². The van der Waals surface area contributed by atoms with Gasteiger partial charge >= 0.3 is 0 Å². The summed E-state index contributed by atoms with van der Waals surface area (Å²) in [5.74, 6) is 0.380. The first-order valence-corrected chi connectivity index (χ1v) is 5.40. The van der Waals surface area contributed by atoms with Crippen LogP contribution in [0.25, 0.3) is 11.4 Å². The predicted octanol–water partition coefficient (Wildman–Crippen LogP) is 1.79. The lowest BCUT2D eigenvalue weighted by atomic mass is 10.0. The van der Waals surface area contributed by atoms with Crippen molar-refractivity contribution in [1.82, 2.24) is 25.0 Å². The molecule has 0 aliphatic carbocycles. The van der Waals surface area contributed by atoms with Crippen LogP contribution in [0.2, 0.25) is 0 Å². The zero-order valence-corrected chi connectivity index (χ0v) is 9.75. The number of hydrogen-bond acceptors (Lipinski definition) is 4. The second-order valence-electron chi connectivity index (χ2n) is 3.88. The Morgan fingerprint density at radius 1 is 1.31 bits per heavy atom. The lowest BCUT2D eigenvalue weighted by Gasteiger charge is -2.10. The van der Waals surface area contributed by atoms with Crippen molar-refractivity contribution in [2.45, 2.75) is 26.2 Å². The first-order valence-electron chi connectivity index (χ1n) is 5.40. The van der Waals surface area contributed by atoms with Gasteiger partial charge in [-0.2, -0.15) is 0 Å². The Morgan fingerprint density at radius 3 is 2.69 bits per heavy atom. The van der Waals surface area contributed by atoms with E-state index in [1.807, 2.05) is 13.2 Å². The molecule has 0 fully saturated rings. The van der Waals surface area contributed by atoms with Crippen molar-refractivity contribution in [3.8, 4) is 11.4 Å². The van der Waals surface area contributed by atoms with Crippen LogP contribution in [-0.2, 0) is 7.05 Å². The van der Waals surface area contributed by atoms with E-state index in [2.05, 4.69) is 34.1 Å². The smallest absolute Gasteiger partial charge is 0.133 e. The van der Waals surface area contributed by atoms with Crippen LogP contribution in [0.15, 0.2) is 18.6 Å². The molecule has 84 valence electrons. The normalized spacial score (nSPS) is 12.7. The van der Waals surface area contributed by atoms with Gasteiger partial charge in [0.15, 0.2) is 0 Å². The zero-order chi connectivity index (χ0) is 11.5. The summed E-state index contributed by atoms with van der Waals surface area (Å²) in [6.45, 7) is 4.28. The second-order valence-corrected chi connectivity index (χ2v) is 3.88. The van der Waals surface area contributed by atoms with Crippen molar-refractivity contribution in [2.75, 3.05) is 0 Å². The molecule has 0 aliphatic rings. The zero-order valence-electron chi connectivity index (χ0n) is 9.75. The maximum atomic E-state index is 4.40. The van der Waals surface area contributed by atoms with Crippen molar-refractivity contribution in [2.24, 2.45) is 7.05 Å². The highest BCUT2D eigenvalue weighted by atomic mass is 15.4. The van der Waals surface area contributed by atoms with Gasteiger partial charge in [0.2, 0.25) is 0 Å². The molecule has 0 bridgehead atoms. The number of rotatable bonds is 3. The Kier molecular flexibility index (Phi) is 2.94. The molecule has 0 aliphatic heterocycles. The first-order chi connectivity index (χ1) is 7.72. The van der Waals surface area contributed by atoms with E-state index >= 15 is 0 Å². The van der Waals surface area contributed by atoms with Crippen LogP contribution in [0.1, 0.15) is 31.9 Å². The number of aryl methyl sites for hydroxylation is 1. The van der Waals surface area contributed by atoms with Gasteiger partial charge in [0.1, 0.15) is 11.4 Å². The molecule has 0 saturated heterocycles. The van der Waals surface area contributed by atoms with Crippen LogP contribution in [0, 0.1) is 0 Å². The van der Waals surface area contributed by atoms with E-state index in [0.29, 0.717) is 5.92 Å². The van der Waals surface area contributed by atoms with Crippen molar-refractivity contribution in [3.63, 3.8) is 0 Å². The molecule has 0 saturated carbocycles. The highest BCUT2D eigenvalue weighted by Crippen LogP contribution is 2.25. The highest BCUT2D eigenvalue weighted by molar-refractivity contribution is 5.55. The van der Waals surface area contributed by atoms with E-state index in [0.717, 1.165) is 23.5 Å². The van der Waals surface area contributed by atoms with Gasteiger partial charge in [-0.3, -0.25) is 14.6 Å². The van der Waals surface area contributed by atoms with Gasteiger partial charge in [-0.15, -0.1) is 5.10 Å². The van der Waals surface area contributed by atoms with Crippen molar-refractivity contribution in [3.05, 3.63) is 24.3 Å². The van der Waals surface area contributed by atoms with Crippen LogP contribution in [-0.4, -0.2) is 25.0 Å². The number of hydrogen-bond donors (Lipinski definition) is 0. The average molecular weight is 217 g/mol. The van der Waals surface area contributed by atoms with Gasteiger partial charge in [0, 0.05) is 25.4 Å². The minimum Gasteiger partial charge on any atom is -0.257 e. The summed E-state index contributed by atoms with van der Waals surface area (Å²) >= 11 is 0. The minimum absolute atomic E-state index is 0.380. The van der Waals surface area contributed by atoms with Gasteiger partial charge in [-0.25, -0.2) is 0 Å². The van der Waals surface area contributed by atoms with Gasteiger partial charge in [0.05, 0.1) is 11.9 Å². The van der Waals surface area contributed by atoms with Gasteiger partial charge < -0.3 is 0 Å². The Labute approximate surface area is 94.5 Å². The van der Waals surface area contributed by atoms with Crippen LogP contribution < -0.4 is 0 Å². The molecule has 0 amide bonds. The summed E-state index contributed by atoms with van der Waals surface area (Å²) in [6.07, 6.45) is 6.30. The van der Waals surface area contributed by atoms with Gasteiger partial charge in [-0.05, 0) is 6.42 Å². The summed E-state index contributed by atoms with van der Waals surface area (Å²) in [5.41, 5.74) is 2.61. The Balaban J connectivity index is 2.48. The molecule has 16 heavy (non-hydrogen) atoms. The maximum absolute atomic E-state index is 4.40. The number of nitrogens with zero attached hydrogens (tertiary/aromatic N) is 5. The molecular formula is C11H15N5. The largest absolute Gasteiger partial charge is 0.257 e. The number of aromatic nitrogens is 5. The summed E-state index contributed by atoms with van der Waals surface area (Å²) in [6, 6.07) is 0. The third-order valence-corrected chi connectivity index (χ3v) is 2.65. The summed E-state index contributed by atoms with van der Waals surface area (Å²) in [4.78, 5) is 8.75. The van der Waals surface area contributed by atoms with Crippen molar-refractivity contribution in [1.29, 1.82) is 0 Å². The van der Waals surface area contributed by atoms with Crippen LogP contribution in [0.3, 0.4) is 0 Å². The lowest BCUT2D eigenvalue weighted by molar-refractivity contribution is 0.704. The fourth-order valence-electron chi connectivity index (χ4n) is 1.56. The Bertz CT molecular complexity index is 477. The van der Waals surface area contributed by atoms with E-state index in [1.54, 1.807) is 17.1 Å². The van der Waals surface area contributed by atoms with Crippen molar-refractivity contribution >= 4 is 0 Å². The van der Waals surface area contributed by atoms with E-state index < -0.39 is 0 Å². The van der Waals surface area contributed by atoms with Crippen LogP contribution in [0.4, 0.5) is 0 Å². The van der Waals surface area contributed by atoms with Crippen molar-refractivity contribution < 1.29 is 0 Å². The molecule has 0 spiro atoms. The molecule has 1 unspecified atom stereocenters. The summed E-state index contributed by atoms with van der Waals surface area (Å²) < 4.78 is 1.67. The Morgan fingerprint density at radius 2 is 2.06 bits per heavy atom. The summed E-state index contributed by atoms with van der Waals surface area (Å²) in [5, 5.41) is 7.99. The standard InChI is InChI=1S/C11H15N5/c1-4-8(2)10-11(13-6-5-12-10)9-7-16(3)15-14-9/h5-8H,4H2,1-3H3. The monoisotopic (exact) mass is 217 g/mol. The molecule has 5 nitrogen and oxygen atoms in total. The SMILES string of the molecule is CCC(C)c1nccnc1-c1cn(C)nn1. The molecule has 0 N–H and O–H groups in total. The molecule has 2 rings (SSSR count). The molecule has 2 aromatic rings. The molecule has 0 aromatic carbocycles. The summed E-state index contributed by atoms with van der Waals surface area (Å²) in [7, 11) is 1.84. The highest BCUT2D eigenvalue weighted by Gasteiger charge is 2.15. The fourth-order valence-corrected chi connectivity index (χ4v) is 1.56. The molecule has 0 radical (unpaired) electrons. The second kappa shape index (κ2) is 4.38. The minimum atomic E-state index is 0.380. The molecule has 2 heterocycles. The Hall–Kier alpha value is -1.78. The third-order valence-electron chi connectivity index (χ3n) is 2.65. The topological polar surface area (TPSA) is 56.5 Å².